The van der Waals surface area contributed by atoms with Crippen molar-refractivity contribution in [3.8, 4) is 0 Å². The van der Waals surface area contributed by atoms with Crippen molar-refractivity contribution in [2.24, 2.45) is 5.92 Å². The van der Waals surface area contributed by atoms with Crippen LogP contribution in [-0.2, 0) is 4.74 Å². The minimum atomic E-state index is 0.677. The average molecular weight is 256 g/mol. The van der Waals surface area contributed by atoms with Crippen molar-refractivity contribution in [3.05, 3.63) is 0 Å². The van der Waals surface area contributed by atoms with Gasteiger partial charge in [0.1, 0.15) is 0 Å². The lowest BCUT2D eigenvalue weighted by Crippen LogP contribution is -2.36. The number of rotatable bonds is 9. The predicted octanol–water partition coefficient (Wildman–Crippen LogP) is 2.51. The Hall–Kier alpha value is -0.120. The molecule has 1 atom stereocenters. The number of hydrogen-bond donors (Lipinski definition) is 1. The van der Waals surface area contributed by atoms with Crippen LogP contribution in [-0.4, -0.2) is 50.8 Å². The van der Waals surface area contributed by atoms with E-state index in [4.69, 9.17) is 4.74 Å². The van der Waals surface area contributed by atoms with Crippen LogP contribution in [0.5, 0.6) is 0 Å². The van der Waals surface area contributed by atoms with Gasteiger partial charge in [-0.25, -0.2) is 0 Å². The van der Waals surface area contributed by atoms with Crippen LogP contribution in [0.3, 0.4) is 0 Å². The Balaban J connectivity index is 2.00. The number of piperidine rings is 1. The Morgan fingerprint density at radius 1 is 1.33 bits per heavy atom. The molecule has 1 saturated heterocycles. The molecule has 0 aromatic carbocycles. The molecular formula is C15H32N2O. The van der Waals surface area contributed by atoms with Crippen LogP contribution in [0.4, 0.5) is 0 Å². The van der Waals surface area contributed by atoms with E-state index in [1.54, 1.807) is 0 Å². The fraction of sp³-hybridized carbons (Fsp3) is 1.00. The SMILES string of the molecule is CCCNC(C)CCCN1CCC(COC)CC1. The van der Waals surface area contributed by atoms with Crippen molar-refractivity contribution in [2.75, 3.05) is 39.9 Å². The van der Waals surface area contributed by atoms with Gasteiger partial charge in [0, 0.05) is 19.8 Å². The molecule has 0 aliphatic carbocycles. The quantitative estimate of drug-likeness (QED) is 0.686. The summed E-state index contributed by atoms with van der Waals surface area (Å²) >= 11 is 0. The van der Waals surface area contributed by atoms with Gasteiger partial charge in [0.15, 0.2) is 0 Å². The molecular weight excluding hydrogens is 224 g/mol. The van der Waals surface area contributed by atoms with Gasteiger partial charge in [-0.05, 0) is 71.1 Å². The molecule has 18 heavy (non-hydrogen) atoms. The topological polar surface area (TPSA) is 24.5 Å². The third kappa shape index (κ3) is 6.72. The molecule has 1 rings (SSSR count). The Kier molecular flexibility index (Phi) is 8.64. The fourth-order valence-corrected chi connectivity index (χ4v) is 2.73. The van der Waals surface area contributed by atoms with Crippen molar-refractivity contribution < 1.29 is 4.74 Å². The Labute approximate surface area is 113 Å². The summed E-state index contributed by atoms with van der Waals surface area (Å²) in [6.45, 7) is 10.5. The minimum Gasteiger partial charge on any atom is -0.384 e. The highest BCUT2D eigenvalue weighted by Crippen LogP contribution is 2.17. The first-order chi connectivity index (χ1) is 8.76. The molecule has 0 aromatic rings. The number of methoxy groups -OCH3 is 1. The van der Waals surface area contributed by atoms with Gasteiger partial charge in [-0.3, -0.25) is 0 Å². The molecule has 0 spiro atoms. The maximum atomic E-state index is 5.24. The van der Waals surface area contributed by atoms with E-state index in [9.17, 15) is 0 Å². The lowest BCUT2D eigenvalue weighted by molar-refractivity contribution is 0.0985. The van der Waals surface area contributed by atoms with Gasteiger partial charge in [0.25, 0.3) is 0 Å². The average Bonchev–Trinajstić information content (AvgIpc) is 2.39. The van der Waals surface area contributed by atoms with Gasteiger partial charge in [0.05, 0.1) is 0 Å². The molecule has 1 aliphatic heterocycles. The zero-order valence-corrected chi connectivity index (χ0v) is 12.6. The highest BCUT2D eigenvalue weighted by atomic mass is 16.5. The van der Waals surface area contributed by atoms with E-state index in [0.717, 1.165) is 19.1 Å². The first kappa shape index (κ1) is 15.9. The standard InChI is InChI=1S/C15H32N2O/c1-4-9-16-14(2)6-5-10-17-11-7-15(8-12-17)13-18-3/h14-16H,4-13H2,1-3H3. The molecule has 1 fully saturated rings. The summed E-state index contributed by atoms with van der Waals surface area (Å²) in [5, 5.41) is 3.56. The zero-order chi connectivity index (χ0) is 13.2. The number of hydrogen-bond acceptors (Lipinski definition) is 3. The summed E-state index contributed by atoms with van der Waals surface area (Å²) in [6, 6.07) is 0.677. The van der Waals surface area contributed by atoms with Gasteiger partial charge in [-0.15, -0.1) is 0 Å². The molecule has 0 aromatic heterocycles. The molecule has 1 N–H and O–H groups in total. The highest BCUT2D eigenvalue weighted by molar-refractivity contribution is 4.72. The van der Waals surface area contributed by atoms with E-state index < -0.39 is 0 Å². The summed E-state index contributed by atoms with van der Waals surface area (Å²) in [4.78, 5) is 2.62. The van der Waals surface area contributed by atoms with Crippen LogP contribution in [0, 0.1) is 5.92 Å². The first-order valence-corrected chi connectivity index (χ1v) is 7.71. The van der Waals surface area contributed by atoms with Crippen molar-refractivity contribution in [1.29, 1.82) is 0 Å². The molecule has 1 unspecified atom stereocenters. The molecule has 1 heterocycles. The Morgan fingerprint density at radius 3 is 2.67 bits per heavy atom. The van der Waals surface area contributed by atoms with Crippen LogP contribution in [0.25, 0.3) is 0 Å². The van der Waals surface area contributed by atoms with Gasteiger partial charge in [0.2, 0.25) is 0 Å². The second-order valence-electron chi connectivity index (χ2n) is 5.74. The second-order valence-corrected chi connectivity index (χ2v) is 5.74. The van der Waals surface area contributed by atoms with E-state index in [0.29, 0.717) is 6.04 Å². The van der Waals surface area contributed by atoms with Gasteiger partial charge in [-0.1, -0.05) is 6.92 Å². The third-order valence-corrected chi connectivity index (χ3v) is 3.96. The van der Waals surface area contributed by atoms with Crippen LogP contribution in [0.2, 0.25) is 0 Å². The predicted molar refractivity (Wildman–Crippen MR) is 78.0 cm³/mol. The van der Waals surface area contributed by atoms with Crippen molar-refractivity contribution in [2.45, 2.75) is 52.0 Å². The normalized spacial score (nSPS) is 20.2. The monoisotopic (exact) mass is 256 g/mol. The van der Waals surface area contributed by atoms with E-state index in [1.807, 2.05) is 7.11 Å². The maximum Gasteiger partial charge on any atom is 0.0491 e. The summed E-state index contributed by atoms with van der Waals surface area (Å²) in [5.74, 6) is 0.802. The van der Waals surface area contributed by atoms with Crippen LogP contribution in [0.1, 0.15) is 46.0 Å². The smallest absolute Gasteiger partial charge is 0.0491 e. The molecule has 3 nitrogen and oxygen atoms in total. The summed E-state index contributed by atoms with van der Waals surface area (Å²) in [5.41, 5.74) is 0. The molecule has 1 aliphatic rings. The molecule has 108 valence electrons. The largest absolute Gasteiger partial charge is 0.384 e. The number of ether oxygens (including phenoxy) is 1. The van der Waals surface area contributed by atoms with E-state index in [-0.39, 0.29) is 0 Å². The molecule has 0 radical (unpaired) electrons. The summed E-state index contributed by atoms with van der Waals surface area (Å²) < 4.78 is 5.24. The fourth-order valence-electron chi connectivity index (χ4n) is 2.73. The zero-order valence-electron chi connectivity index (χ0n) is 12.6. The van der Waals surface area contributed by atoms with Crippen LogP contribution < -0.4 is 5.32 Å². The summed E-state index contributed by atoms with van der Waals surface area (Å²) in [6.07, 6.45) is 6.50. The van der Waals surface area contributed by atoms with Crippen molar-refractivity contribution in [3.63, 3.8) is 0 Å². The molecule has 0 amide bonds. The second kappa shape index (κ2) is 9.76. The lowest BCUT2D eigenvalue weighted by atomic mass is 9.97. The molecule has 0 bridgehead atoms. The van der Waals surface area contributed by atoms with Crippen molar-refractivity contribution in [1.82, 2.24) is 10.2 Å². The highest BCUT2D eigenvalue weighted by Gasteiger charge is 2.18. The number of likely N-dealkylation sites (tertiary alicyclic amines) is 1. The maximum absolute atomic E-state index is 5.24. The molecule has 0 saturated carbocycles. The van der Waals surface area contributed by atoms with Gasteiger partial charge < -0.3 is 15.0 Å². The van der Waals surface area contributed by atoms with E-state index in [2.05, 4.69) is 24.1 Å². The summed E-state index contributed by atoms with van der Waals surface area (Å²) in [7, 11) is 1.82. The number of nitrogens with one attached hydrogen (secondary N) is 1. The van der Waals surface area contributed by atoms with Crippen LogP contribution >= 0.6 is 0 Å². The Morgan fingerprint density at radius 2 is 2.06 bits per heavy atom. The van der Waals surface area contributed by atoms with Gasteiger partial charge >= 0.3 is 0 Å². The lowest BCUT2D eigenvalue weighted by Gasteiger charge is -2.31. The minimum absolute atomic E-state index is 0.677. The third-order valence-electron chi connectivity index (χ3n) is 3.96. The van der Waals surface area contributed by atoms with E-state index >= 15 is 0 Å². The Bertz CT molecular complexity index is 191. The van der Waals surface area contributed by atoms with Crippen LogP contribution in [0.15, 0.2) is 0 Å². The van der Waals surface area contributed by atoms with Gasteiger partial charge in [-0.2, -0.15) is 0 Å². The van der Waals surface area contributed by atoms with Crippen molar-refractivity contribution >= 4 is 0 Å². The molecule has 3 heteroatoms. The van der Waals surface area contributed by atoms with E-state index in [1.165, 1.54) is 51.7 Å². The first-order valence-electron chi connectivity index (χ1n) is 7.71. The number of nitrogens with zero attached hydrogens (tertiary/aromatic N) is 1.